The third kappa shape index (κ3) is 3.12. The summed E-state index contributed by atoms with van der Waals surface area (Å²) in [5.74, 6) is 1.51. The fourth-order valence-corrected chi connectivity index (χ4v) is 4.18. The maximum atomic E-state index is 13.2. The van der Waals surface area contributed by atoms with E-state index in [-0.39, 0.29) is 11.6 Å². The molecule has 1 atom stereocenters. The number of aromatic nitrogens is 2. The Morgan fingerprint density at radius 1 is 1.03 bits per heavy atom. The second-order valence-electron chi connectivity index (χ2n) is 7.89. The molecular formula is C24H27N3O3. The van der Waals surface area contributed by atoms with E-state index in [1.807, 2.05) is 54.8 Å². The highest BCUT2D eigenvalue weighted by Gasteiger charge is 2.26. The molecule has 30 heavy (non-hydrogen) atoms. The third-order valence-electron chi connectivity index (χ3n) is 5.90. The molecule has 3 aromatic rings. The van der Waals surface area contributed by atoms with E-state index in [4.69, 9.17) is 14.5 Å². The van der Waals surface area contributed by atoms with E-state index in [1.54, 1.807) is 25.8 Å². The highest BCUT2D eigenvalue weighted by atomic mass is 16.5. The Kier molecular flexibility index (Phi) is 5.02. The van der Waals surface area contributed by atoms with E-state index >= 15 is 0 Å². The first-order chi connectivity index (χ1) is 14.3. The molecule has 0 spiro atoms. The number of methoxy groups -OCH3 is 2. The smallest absolute Gasteiger partial charge is 0.329 e. The van der Waals surface area contributed by atoms with Gasteiger partial charge in [0.25, 0.3) is 0 Å². The average molecular weight is 405 g/mol. The van der Waals surface area contributed by atoms with Gasteiger partial charge in [0.1, 0.15) is 5.49 Å². The lowest BCUT2D eigenvalue weighted by Gasteiger charge is -2.28. The van der Waals surface area contributed by atoms with E-state index < -0.39 is 0 Å². The summed E-state index contributed by atoms with van der Waals surface area (Å²) in [6.45, 7) is 6.79. The summed E-state index contributed by atoms with van der Waals surface area (Å²) in [5.41, 5.74) is 6.55. The van der Waals surface area contributed by atoms with E-state index in [0.717, 1.165) is 33.6 Å². The van der Waals surface area contributed by atoms with Gasteiger partial charge in [-0.1, -0.05) is 25.1 Å². The van der Waals surface area contributed by atoms with Crippen molar-refractivity contribution in [1.29, 1.82) is 0 Å². The lowest BCUT2D eigenvalue weighted by Crippen LogP contribution is -2.41. The van der Waals surface area contributed by atoms with Crippen LogP contribution in [0.5, 0.6) is 11.5 Å². The van der Waals surface area contributed by atoms with Crippen LogP contribution in [-0.2, 0) is 13.6 Å². The molecule has 0 bridgehead atoms. The molecular weight excluding hydrogens is 378 g/mol. The number of hydrogen-bond acceptors (Lipinski definition) is 4. The number of aryl methyl sites for hydroxylation is 2. The molecule has 0 radical (unpaired) electrons. The van der Waals surface area contributed by atoms with Crippen molar-refractivity contribution >= 4 is 5.69 Å². The van der Waals surface area contributed by atoms with Crippen LogP contribution in [0.3, 0.4) is 0 Å². The van der Waals surface area contributed by atoms with Crippen LogP contribution in [0.2, 0.25) is 0 Å². The Bertz CT molecular complexity index is 1250. The lowest BCUT2D eigenvalue weighted by atomic mass is 9.89. The number of hydrogen-bond donors (Lipinski definition) is 0. The zero-order chi connectivity index (χ0) is 21.6. The van der Waals surface area contributed by atoms with Gasteiger partial charge in [0.05, 0.1) is 25.6 Å². The molecule has 0 N–H and O–H groups in total. The maximum Gasteiger partial charge on any atom is 0.329 e. The van der Waals surface area contributed by atoms with Crippen LogP contribution in [0.15, 0.2) is 46.2 Å². The van der Waals surface area contributed by atoms with Gasteiger partial charge in [-0.15, -0.1) is 0 Å². The summed E-state index contributed by atoms with van der Waals surface area (Å²) in [7, 11) is 5.03. The van der Waals surface area contributed by atoms with Gasteiger partial charge in [-0.25, -0.2) is 9.79 Å². The van der Waals surface area contributed by atoms with Crippen LogP contribution in [0.1, 0.15) is 29.5 Å². The summed E-state index contributed by atoms with van der Waals surface area (Å²) in [6.07, 6.45) is 0. The molecule has 0 saturated heterocycles. The zero-order valence-corrected chi connectivity index (χ0v) is 18.3. The number of nitrogens with zero attached hydrogens (tertiary/aromatic N) is 3. The van der Waals surface area contributed by atoms with Crippen molar-refractivity contribution in [1.82, 2.24) is 9.13 Å². The molecule has 0 fully saturated rings. The number of para-hydroxylation sites is 1. The van der Waals surface area contributed by atoms with Gasteiger partial charge in [-0.2, -0.15) is 0 Å². The highest BCUT2D eigenvalue weighted by Crippen LogP contribution is 2.41. The van der Waals surface area contributed by atoms with Crippen LogP contribution in [0, 0.1) is 13.8 Å². The second kappa shape index (κ2) is 7.52. The fourth-order valence-electron chi connectivity index (χ4n) is 4.18. The standard InChI is InChI=1S/C24H27N3O3/c1-14-8-7-9-15(2)23(14)25-22-12-19-18-11-21(30-6)20(29-5)10-17(18)16(3)13-27(19)24(28)26(22)4/h7-12,16H,13H2,1-6H3. The Morgan fingerprint density at radius 2 is 1.67 bits per heavy atom. The summed E-state index contributed by atoms with van der Waals surface area (Å²) >= 11 is 0. The Morgan fingerprint density at radius 3 is 2.30 bits per heavy atom. The quantitative estimate of drug-likeness (QED) is 0.665. The van der Waals surface area contributed by atoms with E-state index in [2.05, 4.69) is 6.92 Å². The van der Waals surface area contributed by atoms with Gasteiger partial charge in [0.2, 0.25) is 0 Å². The van der Waals surface area contributed by atoms with E-state index in [1.165, 1.54) is 0 Å². The van der Waals surface area contributed by atoms with Crippen molar-refractivity contribution < 1.29 is 9.47 Å². The van der Waals surface area contributed by atoms with Crippen molar-refractivity contribution in [3.63, 3.8) is 0 Å². The lowest BCUT2D eigenvalue weighted by molar-refractivity contribution is 0.354. The van der Waals surface area contributed by atoms with E-state index in [0.29, 0.717) is 23.5 Å². The molecule has 156 valence electrons. The second-order valence-corrected chi connectivity index (χ2v) is 7.89. The minimum atomic E-state index is -0.0789. The summed E-state index contributed by atoms with van der Waals surface area (Å²) in [5, 5.41) is 0. The number of ether oxygens (including phenoxy) is 2. The Labute approximate surface area is 176 Å². The van der Waals surface area contributed by atoms with Gasteiger partial charge < -0.3 is 9.47 Å². The van der Waals surface area contributed by atoms with Crippen molar-refractivity contribution in [3.05, 3.63) is 69.1 Å². The molecule has 1 aliphatic heterocycles. The molecule has 0 saturated carbocycles. The van der Waals surface area contributed by atoms with Gasteiger partial charge in [-0.3, -0.25) is 9.13 Å². The minimum absolute atomic E-state index is 0.0789. The van der Waals surface area contributed by atoms with Crippen molar-refractivity contribution in [2.75, 3.05) is 14.2 Å². The molecule has 2 aromatic carbocycles. The number of benzene rings is 2. The van der Waals surface area contributed by atoms with Crippen LogP contribution in [-0.4, -0.2) is 23.4 Å². The first-order valence-electron chi connectivity index (χ1n) is 10.0. The topological polar surface area (TPSA) is 57.8 Å². The maximum absolute atomic E-state index is 13.2. The van der Waals surface area contributed by atoms with Crippen LogP contribution < -0.4 is 20.7 Å². The first kappa shape index (κ1) is 20.0. The molecule has 1 aliphatic rings. The predicted molar refractivity (Wildman–Crippen MR) is 118 cm³/mol. The van der Waals surface area contributed by atoms with Crippen molar-refractivity contribution in [2.24, 2.45) is 12.0 Å². The van der Waals surface area contributed by atoms with Gasteiger partial charge in [-0.05, 0) is 42.7 Å². The van der Waals surface area contributed by atoms with Crippen LogP contribution >= 0.6 is 0 Å². The molecule has 1 unspecified atom stereocenters. The Balaban J connectivity index is 2.03. The predicted octanol–water partition coefficient (Wildman–Crippen LogP) is 3.84. The first-order valence-corrected chi connectivity index (χ1v) is 10.0. The van der Waals surface area contributed by atoms with Gasteiger partial charge >= 0.3 is 5.69 Å². The molecule has 1 aromatic heterocycles. The molecule has 0 amide bonds. The third-order valence-corrected chi connectivity index (χ3v) is 5.90. The minimum Gasteiger partial charge on any atom is -0.493 e. The van der Waals surface area contributed by atoms with E-state index in [9.17, 15) is 4.79 Å². The van der Waals surface area contributed by atoms with Gasteiger partial charge in [0.15, 0.2) is 11.5 Å². The van der Waals surface area contributed by atoms with Crippen molar-refractivity contribution in [3.8, 4) is 22.8 Å². The van der Waals surface area contributed by atoms with Crippen LogP contribution in [0.25, 0.3) is 11.3 Å². The zero-order valence-electron chi connectivity index (χ0n) is 18.3. The SMILES string of the molecule is COc1cc2c(cc1OC)C(C)Cn1c-2cc(=Nc2c(C)cccc2C)n(C)c1=O. The average Bonchev–Trinajstić information content (AvgIpc) is 2.74. The normalized spacial score (nSPS) is 15.5. The molecule has 2 heterocycles. The molecule has 6 heteroatoms. The monoisotopic (exact) mass is 405 g/mol. The summed E-state index contributed by atoms with van der Waals surface area (Å²) < 4.78 is 14.5. The van der Waals surface area contributed by atoms with Crippen molar-refractivity contribution in [2.45, 2.75) is 33.2 Å². The fraction of sp³-hybridized carbons (Fsp3) is 0.333. The summed E-state index contributed by atoms with van der Waals surface area (Å²) in [4.78, 5) is 18.1. The Hall–Kier alpha value is -3.28. The van der Waals surface area contributed by atoms with Gasteiger partial charge in [0, 0.05) is 31.1 Å². The molecule has 0 aliphatic carbocycles. The van der Waals surface area contributed by atoms with Crippen LogP contribution in [0.4, 0.5) is 5.69 Å². The number of fused-ring (bicyclic) bond motifs is 3. The molecule has 4 rings (SSSR count). The largest absolute Gasteiger partial charge is 0.493 e. The summed E-state index contributed by atoms with van der Waals surface area (Å²) in [6, 6.07) is 12.0. The molecule has 6 nitrogen and oxygen atoms in total. The number of rotatable bonds is 3. The highest BCUT2D eigenvalue weighted by molar-refractivity contribution is 5.71.